The topological polar surface area (TPSA) is 70.5 Å². The molecule has 0 amide bonds. The van der Waals surface area contributed by atoms with Gasteiger partial charge in [0.15, 0.2) is 0 Å². The van der Waals surface area contributed by atoms with Crippen LogP contribution in [0.2, 0.25) is 0 Å². The average molecular weight is 513 g/mol. The van der Waals surface area contributed by atoms with Gasteiger partial charge >= 0.3 is 13.8 Å². The van der Waals surface area contributed by atoms with Crippen LogP contribution in [0.3, 0.4) is 0 Å². The summed E-state index contributed by atoms with van der Waals surface area (Å²) in [6, 6.07) is 10.8. The number of halogens is 3. The third-order valence-corrected chi connectivity index (χ3v) is 6.24. The van der Waals surface area contributed by atoms with Crippen molar-refractivity contribution in [1.82, 2.24) is 9.97 Å². The molecule has 0 saturated heterocycles. The minimum absolute atomic E-state index is 0.118. The molecule has 0 spiro atoms. The standard InChI is InChI=1S/C21H20F3N2O4P.2C2H6/c1-3-28-31(27,29-4-2)18-11-5-15(6-12-18)19-20(26-14-13-25-19)30-17-9-7-16(8-10-17)21(22,23)24;2*1-2/h5-14H,3-4H2,1-2H3;2*1-2H3. The molecule has 0 fully saturated rings. The van der Waals surface area contributed by atoms with Gasteiger partial charge in [-0.05, 0) is 50.2 Å². The Kier molecular flexibility index (Phi) is 12.6. The maximum absolute atomic E-state index is 12.9. The van der Waals surface area contributed by atoms with Crippen LogP contribution in [0.15, 0.2) is 60.9 Å². The number of nitrogens with zero attached hydrogens (tertiary/aromatic N) is 2. The highest BCUT2D eigenvalue weighted by Gasteiger charge is 2.30. The zero-order valence-electron chi connectivity index (χ0n) is 20.8. The minimum Gasteiger partial charge on any atom is -0.437 e. The van der Waals surface area contributed by atoms with Gasteiger partial charge in [-0.1, -0.05) is 39.8 Å². The fourth-order valence-electron chi connectivity index (χ4n) is 2.75. The highest BCUT2D eigenvalue weighted by atomic mass is 31.2. The lowest BCUT2D eigenvalue weighted by molar-refractivity contribution is -0.137. The third-order valence-electron chi connectivity index (χ3n) is 4.12. The Balaban J connectivity index is 0.00000145. The Morgan fingerprint density at radius 2 is 1.31 bits per heavy atom. The van der Waals surface area contributed by atoms with Gasteiger partial charge in [0.2, 0.25) is 5.88 Å². The van der Waals surface area contributed by atoms with Gasteiger partial charge in [0, 0.05) is 18.0 Å². The van der Waals surface area contributed by atoms with Gasteiger partial charge < -0.3 is 13.8 Å². The van der Waals surface area contributed by atoms with E-state index in [1.54, 1.807) is 38.1 Å². The second-order valence-electron chi connectivity index (χ2n) is 6.21. The van der Waals surface area contributed by atoms with Gasteiger partial charge in [-0.15, -0.1) is 0 Å². The zero-order valence-corrected chi connectivity index (χ0v) is 21.7. The molecule has 2 aromatic carbocycles. The third kappa shape index (κ3) is 8.46. The molecule has 0 aliphatic carbocycles. The van der Waals surface area contributed by atoms with E-state index in [-0.39, 0.29) is 24.8 Å². The van der Waals surface area contributed by atoms with E-state index in [0.29, 0.717) is 16.6 Å². The fraction of sp³-hybridized carbons (Fsp3) is 0.360. The van der Waals surface area contributed by atoms with Crippen LogP contribution >= 0.6 is 7.60 Å². The van der Waals surface area contributed by atoms with E-state index < -0.39 is 19.3 Å². The first-order chi connectivity index (χ1) is 16.8. The molecule has 6 nitrogen and oxygen atoms in total. The van der Waals surface area contributed by atoms with E-state index in [0.717, 1.165) is 12.1 Å². The summed E-state index contributed by atoms with van der Waals surface area (Å²) < 4.78 is 67.5. The van der Waals surface area contributed by atoms with E-state index in [4.69, 9.17) is 13.8 Å². The molecule has 0 aliphatic rings. The van der Waals surface area contributed by atoms with Crippen LogP contribution in [0.1, 0.15) is 47.1 Å². The first-order valence-corrected chi connectivity index (χ1v) is 13.0. The van der Waals surface area contributed by atoms with E-state index >= 15 is 0 Å². The van der Waals surface area contributed by atoms with Crippen LogP contribution in [0.25, 0.3) is 11.3 Å². The van der Waals surface area contributed by atoms with Crippen molar-refractivity contribution in [2.24, 2.45) is 0 Å². The Morgan fingerprint density at radius 3 is 1.80 bits per heavy atom. The van der Waals surface area contributed by atoms with Gasteiger partial charge in [-0.2, -0.15) is 13.2 Å². The first kappa shape index (κ1) is 30.3. The van der Waals surface area contributed by atoms with E-state index in [2.05, 4.69) is 9.97 Å². The van der Waals surface area contributed by atoms with Crippen LogP contribution in [-0.2, 0) is 19.8 Å². The normalized spacial score (nSPS) is 11.0. The van der Waals surface area contributed by atoms with Gasteiger partial charge in [0.25, 0.3) is 0 Å². The summed E-state index contributed by atoms with van der Waals surface area (Å²) in [5, 5.41) is 0.397. The highest BCUT2D eigenvalue weighted by molar-refractivity contribution is 7.62. The lowest BCUT2D eigenvalue weighted by atomic mass is 10.1. The zero-order chi connectivity index (χ0) is 26.5. The van der Waals surface area contributed by atoms with Crippen molar-refractivity contribution in [2.75, 3.05) is 13.2 Å². The maximum atomic E-state index is 12.9. The molecule has 0 atom stereocenters. The molecule has 1 heterocycles. The molecule has 0 N–H and O–H groups in total. The van der Waals surface area contributed by atoms with Gasteiger partial charge in [-0.25, -0.2) is 9.97 Å². The Morgan fingerprint density at radius 1 is 0.800 bits per heavy atom. The van der Waals surface area contributed by atoms with Crippen LogP contribution in [0.4, 0.5) is 13.2 Å². The molecular weight excluding hydrogens is 480 g/mol. The number of aromatic nitrogens is 2. The van der Waals surface area contributed by atoms with E-state index in [9.17, 15) is 17.7 Å². The molecule has 192 valence electrons. The molecule has 10 heteroatoms. The number of rotatable bonds is 8. The smallest absolute Gasteiger partial charge is 0.416 e. The lowest BCUT2D eigenvalue weighted by Gasteiger charge is -2.17. The predicted octanol–water partition coefficient (Wildman–Crippen LogP) is 7.90. The monoisotopic (exact) mass is 512 g/mol. The number of hydrogen-bond donors (Lipinski definition) is 0. The predicted molar refractivity (Wildman–Crippen MR) is 132 cm³/mol. The van der Waals surface area contributed by atoms with Crippen molar-refractivity contribution in [2.45, 2.75) is 47.7 Å². The maximum Gasteiger partial charge on any atom is 0.416 e. The summed E-state index contributed by atoms with van der Waals surface area (Å²) in [5.74, 6) is 0.302. The number of benzene rings is 2. The molecule has 0 aliphatic heterocycles. The Bertz CT molecular complexity index is 1050. The van der Waals surface area contributed by atoms with Crippen molar-refractivity contribution in [3.05, 3.63) is 66.5 Å². The van der Waals surface area contributed by atoms with Crippen molar-refractivity contribution in [3.8, 4) is 22.9 Å². The van der Waals surface area contributed by atoms with Gasteiger partial charge in [0.1, 0.15) is 11.4 Å². The van der Waals surface area contributed by atoms with Crippen molar-refractivity contribution >= 4 is 12.9 Å². The molecule has 35 heavy (non-hydrogen) atoms. The van der Waals surface area contributed by atoms with Crippen molar-refractivity contribution in [1.29, 1.82) is 0 Å². The average Bonchev–Trinajstić information content (AvgIpc) is 2.87. The second kappa shape index (κ2) is 14.6. The van der Waals surface area contributed by atoms with Crippen LogP contribution in [0, 0.1) is 0 Å². The van der Waals surface area contributed by atoms with Crippen LogP contribution < -0.4 is 10.0 Å². The minimum atomic E-state index is -4.43. The Hall–Kier alpha value is -2.74. The van der Waals surface area contributed by atoms with Gasteiger partial charge in [-0.3, -0.25) is 4.57 Å². The largest absolute Gasteiger partial charge is 0.437 e. The van der Waals surface area contributed by atoms with Crippen LogP contribution in [0.5, 0.6) is 11.6 Å². The van der Waals surface area contributed by atoms with Crippen molar-refractivity contribution < 1.29 is 31.5 Å². The van der Waals surface area contributed by atoms with Crippen LogP contribution in [-0.4, -0.2) is 23.2 Å². The number of alkyl halides is 3. The molecule has 0 unspecified atom stereocenters. The van der Waals surface area contributed by atoms with E-state index in [1.165, 1.54) is 24.5 Å². The highest BCUT2D eigenvalue weighted by Crippen LogP contribution is 2.47. The SMILES string of the molecule is CC.CC.CCOP(=O)(OCC)c1ccc(-c2nccnc2Oc2ccc(C(F)(F)F)cc2)cc1. The molecular formula is C25H32F3N2O4P. The summed E-state index contributed by atoms with van der Waals surface area (Å²) in [6.07, 6.45) is -1.55. The molecule has 0 radical (unpaired) electrons. The quantitative estimate of drug-likeness (QED) is 0.286. The Labute approximate surface area is 205 Å². The summed E-state index contributed by atoms with van der Waals surface area (Å²) >= 11 is 0. The molecule has 3 rings (SSSR count). The summed E-state index contributed by atoms with van der Waals surface area (Å²) in [6.45, 7) is 11.9. The summed E-state index contributed by atoms with van der Waals surface area (Å²) in [4.78, 5) is 8.41. The van der Waals surface area contributed by atoms with Gasteiger partial charge in [0.05, 0.1) is 24.1 Å². The lowest BCUT2D eigenvalue weighted by Crippen LogP contribution is -2.10. The van der Waals surface area contributed by atoms with Crippen molar-refractivity contribution in [3.63, 3.8) is 0 Å². The summed E-state index contributed by atoms with van der Waals surface area (Å²) in [5.41, 5.74) is 0.206. The number of hydrogen-bond acceptors (Lipinski definition) is 6. The summed E-state index contributed by atoms with van der Waals surface area (Å²) in [7, 11) is -3.43. The van der Waals surface area contributed by atoms with E-state index in [1.807, 2.05) is 27.7 Å². The number of ether oxygens (including phenoxy) is 1. The fourth-order valence-corrected chi connectivity index (χ4v) is 4.32. The molecule has 1 aromatic heterocycles. The first-order valence-electron chi connectivity index (χ1n) is 11.4. The molecule has 0 saturated carbocycles. The second-order valence-corrected chi connectivity index (χ2v) is 8.24. The molecule has 0 bridgehead atoms. The molecule has 3 aromatic rings.